The number of halogens is 7. The number of alkyl halides is 6. The standard InChI is InChI=1S/C43H59N3O6.C34H33F7N2O2/c1-44(42(49)33-51-3)27-13-19-40(47)36-23-21-34(22-24-36)14-7-4-5-10-20-41(48)45(2)30-31-46-28-25-38(26-29-46)52-43(50)32-37-17-11-12-18-39(37)35-15-8-6-9-16-35;1-22-16-23-4-2-3-5-29(23)31(22)10-13-42(14-11-31)15-12-32(25-6-8-28(35)9-7-25)20-43(21-45-32)30(44)24-17-26(33(36,37)38)19-27(18-24)34(39,40)41/h6,8-9,11-12,15-18,21-24,38,40,47H,4-5,7,10,13-14,19-20,25-33H2,1-3H3;2-9,17-19,22H,10-16,20-21H2,1H3/t;22-,32-/m.0/s1. The first-order valence-corrected chi connectivity index (χ1v) is 34.0. The fourth-order valence-electron chi connectivity index (χ4n) is 14.2. The summed E-state index contributed by atoms with van der Waals surface area (Å²) in [5.74, 6) is -1.00. The fourth-order valence-corrected chi connectivity index (χ4v) is 14.2. The number of likely N-dealkylation sites (N-methyl/N-ethyl adjacent to an activating group) is 2. The molecule has 97 heavy (non-hydrogen) atoms. The lowest BCUT2D eigenvalue weighted by Gasteiger charge is -2.44. The van der Waals surface area contributed by atoms with E-state index >= 15 is 0 Å². The zero-order valence-electron chi connectivity index (χ0n) is 56.2. The number of amides is 3. The summed E-state index contributed by atoms with van der Waals surface area (Å²) in [6.07, 6.45) is 1.48. The van der Waals surface area contributed by atoms with Crippen LogP contribution in [0.4, 0.5) is 30.7 Å². The number of aryl methyl sites for hydroxylation is 1. The molecule has 20 heteroatoms. The Balaban J connectivity index is 0.000000229. The average molecular weight is 1350 g/mol. The highest BCUT2D eigenvalue weighted by Crippen LogP contribution is 2.50. The van der Waals surface area contributed by atoms with Gasteiger partial charge in [0.25, 0.3) is 5.91 Å². The predicted octanol–water partition coefficient (Wildman–Crippen LogP) is 14.3. The summed E-state index contributed by atoms with van der Waals surface area (Å²) in [6.45, 7) is 8.03. The topological polar surface area (TPSA) is 132 Å². The van der Waals surface area contributed by atoms with E-state index in [1.165, 1.54) is 48.1 Å². The van der Waals surface area contributed by atoms with Crippen LogP contribution in [0.1, 0.15) is 145 Å². The van der Waals surface area contributed by atoms with Crippen molar-refractivity contribution in [3.05, 3.63) is 201 Å². The molecule has 1 N–H and O–H groups in total. The molecule has 10 rings (SSSR count). The summed E-state index contributed by atoms with van der Waals surface area (Å²) in [6, 6.07) is 41.4. The van der Waals surface area contributed by atoms with E-state index in [2.05, 4.69) is 71.3 Å². The summed E-state index contributed by atoms with van der Waals surface area (Å²) in [5.41, 5.74) is 3.85. The number of nitrogens with zero attached hydrogens (tertiary/aromatic N) is 5. The van der Waals surface area contributed by atoms with Crippen LogP contribution in [0.3, 0.4) is 0 Å². The number of methoxy groups -OCH3 is 1. The molecule has 522 valence electrons. The molecule has 3 fully saturated rings. The van der Waals surface area contributed by atoms with Gasteiger partial charge in [-0.15, -0.1) is 0 Å². The number of rotatable bonds is 26. The van der Waals surface area contributed by atoms with E-state index in [0.29, 0.717) is 62.5 Å². The van der Waals surface area contributed by atoms with Gasteiger partial charge in [0.2, 0.25) is 11.8 Å². The van der Waals surface area contributed by atoms with Gasteiger partial charge < -0.3 is 43.8 Å². The second-order valence-corrected chi connectivity index (χ2v) is 26.7. The first-order chi connectivity index (χ1) is 46.4. The normalized spacial score (nSPS) is 18.5. The van der Waals surface area contributed by atoms with Gasteiger partial charge in [0, 0.05) is 77.9 Å². The minimum atomic E-state index is -5.08. The third-order valence-corrected chi connectivity index (χ3v) is 20.1. The number of carbonyl (C=O) groups is 4. The molecule has 0 aromatic heterocycles. The van der Waals surface area contributed by atoms with Gasteiger partial charge in [-0.2, -0.15) is 26.3 Å². The molecule has 3 amide bonds. The van der Waals surface area contributed by atoms with E-state index in [-0.39, 0.29) is 61.7 Å². The van der Waals surface area contributed by atoms with Crippen molar-refractivity contribution in [3.63, 3.8) is 0 Å². The van der Waals surface area contributed by atoms with E-state index in [9.17, 15) is 55.0 Å². The van der Waals surface area contributed by atoms with Crippen LogP contribution in [0.2, 0.25) is 0 Å². The van der Waals surface area contributed by atoms with Crippen molar-refractivity contribution >= 4 is 23.7 Å². The molecule has 1 aliphatic carbocycles. The van der Waals surface area contributed by atoms with Crippen molar-refractivity contribution in [2.75, 3.05) is 93.4 Å². The second-order valence-electron chi connectivity index (χ2n) is 26.7. The van der Waals surface area contributed by atoms with Crippen molar-refractivity contribution in [3.8, 4) is 11.1 Å². The first-order valence-electron chi connectivity index (χ1n) is 34.0. The van der Waals surface area contributed by atoms with Crippen molar-refractivity contribution in [1.29, 1.82) is 0 Å². The lowest BCUT2D eigenvalue weighted by molar-refractivity contribution is -0.150. The minimum Gasteiger partial charge on any atom is -0.462 e. The van der Waals surface area contributed by atoms with Gasteiger partial charge in [-0.25, -0.2) is 4.39 Å². The Kier molecular flexibility index (Phi) is 25.7. The van der Waals surface area contributed by atoms with Gasteiger partial charge in [0.05, 0.1) is 30.2 Å². The Morgan fingerprint density at radius 3 is 2.01 bits per heavy atom. The molecule has 3 saturated heterocycles. The maximum absolute atomic E-state index is 13.9. The van der Waals surface area contributed by atoms with Crippen molar-refractivity contribution in [1.82, 2.24) is 24.5 Å². The van der Waals surface area contributed by atoms with Crippen LogP contribution in [0.5, 0.6) is 0 Å². The Hall–Kier alpha value is -7.49. The highest BCUT2D eigenvalue weighted by Gasteiger charge is 2.48. The molecular formula is C77H92F7N5O8. The van der Waals surface area contributed by atoms with Gasteiger partial charge in [-0.05, 0) is 164 Å². The lowest BCUT2D eigenvalue weighted by Crippen LogP contribution is -2.46. The van der Waals surface area contributed by atoms with E-state index < -0.39 is 52.5 Å². The highest BCUT2D eigenvalue weighted by atomic mass is 19.4. The van der Waals surface area contributed by atoms with Crippen molar-refractivity contribution in [2.24, 2.45) is 5.92 Å². The Bertz CT molecular complexity index is 3510. The van der Waals surface area contributed by atoms with Crippen LogP contribution in [0.25, 0.3) is 11.1 Å². The highest BCUT2D eigenvalue weighted by molar-refractivity contribution is 5.95. The summed E-state index contributed by atoms with van der Waals surface area (Å²) in [7, 11) is 5.16. The van der Waals surface area contributed by atoms with E-state index in [0.717, 1.165) is 131 Å². The van der Waals surface area contributed by atoms with Crippen LogP contribution in [-0.4, -0.2) is 153 Å². The lowest BCUT2D eigenvalue weighted by atomic mass is 9.68. The zero-order chi connectivity index (χ0) is 69.3. The number of hydrogen-bond acceptors (Lipinski definition) is 10. The summed E-state index contributed by atoms with van der Waals surface area (Å²) in [5, 5.41) is 10.6. The molecule has 6 aromatic carbocycles. The molecule has 0 saturated carbocycles. The predicted molar refractivity (Wildman–Crippen MR) is 359 cm³/mol. The fraction of sp³-hybridized carbons (Fsp3) is 0.481. The average Bonchev–Trinajstić information content (AvgIpc) is 1.62. The zero-order valence-corrected chi connectivity index (χ0v) is 56.2. The van der Waals surface area contributed by atoms with Gasteiger partial charge in [-0.3, -0.25) is 19.2 Å². The third-order valence-electron chi connectivity index (χ3n) is 20.1. The molecule has 4 aliphatic rings. The number of aliphatic hydroxyl groups is 1. The molecule has 13 nitrogen and oxygen atoms in total. The van der Waals surface area contributed by atoms with Crippen molar-refractivity contribution < 1.29 is 69.2 Å². The maximum atomic E-state index is 13.9. The Labute approximate surface area is 565 Å². The number of ether oxygens (including phenoxy) is 3. The SMILES string of the molecule is COCC(=O)N(C)CCCC(O)c1ccc(CCCCCCC(=O)N(C)CCN2CCC(OC(=O)Cc3ccccc3-c3ccccc3)CC2)cc1.C[C@H]1Cc2ccccc2C12CCN(CC[C@@]1(c3ccc(F)cc3)CN(C(=O)c3cc(C(F)(F)F)cc(C(F)(F)F)c3)CO1)CC2. The summed E-state index contributed by atoms with van der Waals surface area (Å²) >= 11 is 0. The molecule has 3 aliphatic heterocycles. The second kappa shape index (κ2) is 33.8. The minimum absolute atomic E-state index is 0.00621. The summed E-state index contributed by atoms with van der Waals surface area (Å²) < 4.78 is 112. The van der Waals surface area contributed by atoms with Crippen LogP contribution >= 0.6 is 0 Å². The van der Waals surface area contributed by atoms with Crippen LogP contribution in [0, 0.1) is 11.7 Å². The van der Waals surface area contributed by atoms with E-state index in [1.54, 1.807) is 11.9 Å². The maximum Gasteiger partial charge on any atom is 0.416 e. The third kappa shape index (κ3) is 19.9. The number of unbranched alkanes of at least 4 members (excludes halogenated alkanes) is 3. The quantitative estimate of drug-likeness (QED) is 0.0318. The Morgan fingerprint density at radius 1 is 0.701 bits per heavy atom. The molecule has 3 heterocycles. The molecule has 6 aromatic rings. The number of esters is 1. The number of carbonyl (C=O) groups excluding carboxylic acids is 4. The van der Waals surface area contributed by atoms with Gasteiger partial charge in [0.15, 0.2) is 0 Å². The molecule has 1 spiro atoms. The molecule has 3 atom stereocenters. The van der Waals surface area contributed by atoms with Crippen LogP contribution in [-0.2, 0) is 71.2 Å². The van der Waals surface area contributed by atoms with Gasteiger partial charge >= 0.3 is 18.3 Å². The molecular weight excluding hydrogens is 1260 g/mol. The van der Waals surface area contributed by atoms with Crippen LogP contribution in [0.15, 0.2) is 146 Å². The first kappa shape index (κ1) is 73.7. The number of aliphatic hydroxyl groups excluding tert-OH is 1. The smallest absolute Gasteiger partial charge is 0.416 e. The molecule has 0 bridgehead atoms. The number of hydrogen-bond donors (Lipinski definition) is 1. The largest absolute Gasteiger partial charge is 0.462 e. The number of fused-ring (bicyclic) bond motifs is 2. The number of piperidine rings is 2. The summed E-state index contributed by atoms with van der Waals surface area (Å²) in [4.78, 5) is 60.1. The van der Waals surface area contributed by atoms with E-state index in [1.807, 2.05) is 60.5 Å². The Morgan fingerprint density at radius 2 is 1.33 bits per heavy atom. The molecule has 0 radical (unpaired) electrons. The van der Waals surface area contributed by atoms with Crippen molar-refractivity contribution in [2.45, 2.75) is 139 Å². The van der Waals surface area contributed by atoms with Gasteiger partial charge in [-0.1, -0.05) is 135 Å². The van der Waals surface area contributed by atoms with Gasteiger partial charge in [0.1, 0.15) is 30.9 Å². The monoisotopic (exact) mass is 1350 g/mol. The number of likely N-dealkylation sites (tertiary alicyclic amines) is 2. The van der Waals surface area contributed by atoms with Crippen LogP contribution < -0.4 is 0 Å². The van der Waals surface area contributed by atoms with E-state index in [4.69, 9.17) is 14.2 Å². The number of benzene rings is 6. The molecule has 1 unspecified atom stereocenters.